The Labute approximate surface area is 111 Å². The van der Waals surface area contributed by atoms with Crippen LogP contribution in [-0.2, 0) is 0 Å². The molecular weight excluding hydrogens is 280 g/mol. The maximum Gasteiger partial charge on any atom is 0.268 e. The van der Waals surface area contributed by atoms with E-state index >= 15 is 0 Å². The quantitative estimate of drug-likeness (QED) is 0.852. The molecule has 0 bridgehead atoms. The summed E-state index contributed by atoms with van der Waals surface area (Å²) < 4.78 is 2.81. The van der Waals surface area contributed by atoms with Crippen LogP contribution in [0.25, 0.3) is 0 Å². The Kier molecular flexibility index (Phi) is 4.83. The second kappa shape index (κ2) is 5.92. The number of terminal acetylenes is 1. The van der Waals surface area contributed by atoms with Crippen molar-refractivity contribution in [2.45, 2.75) is 39.3 Å². The Bertz CT molecular complexity index is 443. The first kappa shape index (κ1) is 13.9. The zero-order valence-electron chi connectivity index (χ0n) is 10.3. The van der Waals surface area contributed by atoms with Crippen LogP contribution in [-0.4, -0.2) is 16.5 Å². The molecule has 1 unspecified atom stereocenters. The standard InChI is InChI=1S/C13H17BrN2O/c1-5-11(6-2)15-13(17)12-7-10(14)8-16(12)9(3)4/h1,7-9,11H,6H2,2-4H3,(H,15,17). The van der Waals surface area contributed by atoms with E-state index in [-0.39, 0.29) is 18.0 Å². The number of carbonyl (C=O) groups is 1. The Hall–Kier alpha value is -1.21. The van der Waals surface area contributed by atoms with E-state index in [1.165, 1.54) is 0 Å². The normalized spacial score (nSPS) is 12.2. The number of halogens is 1. The molecule has 0 spiro atoms. The molecule has 0 saturated heterocycles. The SMILES string of the molecule is C#CC(CC)NC(=O)c1cc(Br)cn1C(C)C. The van der Waals surface area contributed by atoms with Gasteiger partial charge in [-0.25, -0.2) is 0 Å². The average molecular weight is 297 g/mol. The van der Waals surface area contributed by atoms with E-state index in [1.807, 2.05) is 31.5 Å². The van der Waals surface area contributed by atoms with E-state index in [0.717, 1.165) is 10.9 Å². The molecule has 1 aromatic heterocycles. The highest BCUT2D eigenvalue weighted by Gasteiger charge is 2.16. The minimum absolute atomic E-state index is 0.130. The largest absolute Gasteiger partial charge is 0.340 e. The molecule has 3 nitrogen and oxygen atoms in total. The topological polar surface area (TPSA) is 34.0 Å². The number of hydrogen-bond acceptors (Lipinski definition) is 1. The lowest BCUT2D eigenvalue weighted by molar-refractivity contribution is 0.0934. The van der Waals surface area contributed by atoms with Gasteiger partial charge < -0.3 is 9.88 Å². The minimum Gasteiger partial charge on any atom is -0.340 e. The third-order valence-corrected chi connectivity index (χ3v) is 2.95. The molecule has 0 radical (unpaired) electrons. The summed E-state index contributed by atoms with van der Waals surface area (Å²) in [4.78, 5) is 12.1. The van der Waals surface area contributed by atoms with Crippen LogP contribution in [0.3, 0.4) is 0 Å². The number of amides is 1. The molecule has 0 aromatic carbocycles. The van der Waals surface area contributed by atoms with Gasteiger partial charge in [-0.3, -0.25) is 4.79 Å². The van der Waals surface area contributed by atoms with Crippen LogP contribution in [0.15, 0.2) is 16.7 Å². The zero-order valence-corrected chi connectivity index (χ0v) is 11.9. The number of aromatic nitrogens is 1. The van der Waals surface area contributed by atoms with Crippen LogP contribution in [0, 0.1) is 12.3 Å². The van der Waals surface area contributed by atoms with E-state index < -0.39 is 0 Å². The molecule has 92 valence electrons. The first-order valence-electron chi connectivity index (χ1n) is 5.64. The summed E-state index contributed by atoms with van der Waals surface area (Å²) in [5, 5.41) is 2.82. The summed E-state index contributed by atoms with van der Waals surface area (Å²) in [7, 11) is 0. The van der Waals surface area contributed by atoms with Crippen molar-refractivity contribution in [3.63, 3.8) is 0 Å². The molecule has 0 fully saturated rings. The van der Waals surface area contributed by atoms with E-state index in [9.17, 15) is 4.79 Å². The number of carbonyl (C=O) groups excluding carboxylic acids is 1. The molecular formula is C13H17BrN2O. The first-order valence-corrected chi connectivity index (χ1v) is 6.43. The van der Waals surface area contributed by atoms with Crippen molar-refractivity contribution in [3.05, 3.63) is 22.4 Å². The zero-order chi connectivity index (χ0) is 13.0. The lowest BCUT2D eigenvalue weighted by Gasteiger charge is -2.15. The molecule has 1 amide bonds. The summed E-state index contributed by atoms with van der Waals surface area (Å²) in [6.45, 7) is 6.01. The van der Waals surface area contributed by atoms with Gasteiger partial charge in [0.15, 0.2) is 0 Å². The van der Waals surface area contributed by atoms with Gasteiger partial charge in [-0.15, -0.1) is 6.42 Å². The van der Waals surface area contributed by atoms with Crippen molar-refractivity contribution < 1.29 is 4.79 Å². The number of rotatable bonds is 4. The summed E-state index contributed by atoms with van der Waals surface area (Å²) in [6.07, 6.45) is 7.96. The predicted molar refractivity (Wildman–Crippen MR) is 72.9 cm³/mol. The molecule has 0 aliphatic heterocycles. The van der Waals surface area contributed by atoms with Gasteiger partial charge in [0.1, 0.15) is 5.69 Å². The highest BCUT2D eigenvalue weighted by molar-refractivity contribution is 9.10. The first-order chi connectivity index (χ1) is 7.99. The lowest BCUT2D eigenvalue weighted by atomic mass is 10.2. The fraction of sp³-hybridized carbons (Fsp3) is 0.462. The van der Waals surface area contributed by atoms with Gasteiger partial charge in [0.25, 0.3) is 5.91 Å². The smallest absolute Gasteiger partial charge is 0.268 e. The van der Waals surface area contributed by atoms with E-state index in [4.69, 9.17) is 6.42 Å². The monoisotopic (exact) mass is 296 g/mol. The van der Waals surface area contributed by atoms with Crippen LogP contribution >= 0.6 is 15.9 Å². The molecule has 1 N–H and O–H groups in total. The van der Waals surface area contributed by atoms with Gasteiger partial charge in [-0.1, -0.05) is 12.8 Å². The van der Waals surface area contributed by atoms with Crippen molar-refractivity contribution in [3.8, 4) is 12.3 Å². The van der Waals surface area contributed by atoms with Crippen molar-refractivity contribution in [2.24, 2.45) is 0 Å². The fourth-order valence-corrected chi connectivity index (χ4v) is 1.99. The van der Waals surface area contributed by atoms with Crippen molar-refractivity contribution in [1.82, 2.24) is 9.88 Å². The van der Waals surface area contributed by atoms with Crippen LogP contribution in [0.1, 0.15) is 43.7 Å². The lowest BCUT2D eigenvalue weighted by Crippen LogP contribution is -2.34. The number of nitrogens with one attached hydrogen (secondary N) is 1. The van der Waals surface area contributed by atoms with Crippen LogP contribution in [0.5, 0.6) is 0 Å². The Morgan fingerprint density at radius 1 is 1.65 bits per heavy atom. The number of nitrogens with zero attached hydrogens (tertiary/aromatic N) is 1. The predicted octanol–water partition coefficient (Wildman–Crippen LogP) is 2.97. The molecule has 1 heterocycles. The van der Waals surface area contributed by atoms with Gasteiger partial charge >= 0.3 is 0 Å². The van der Waals surface area contributed by atoms with E-state index in [1.54, 1.807) is 6.07 Å². The van der Waals surface area contributed by atoms with Gasteiger partial charge in [0.05, 0.1) is 6.04 Å². The molecule has 0 aliphatic carbocycles. The Morgan fingerprint density at radius 2 is 2.29 bits per heavy atom. The minimum atomic E-state index is -0.211. The average Bonchev–Trinajstić information content (AvgIpc) is 2.68. The second-order valence-corrected chi connectivity index (χ2v) is 5.06. The van der Waals surface area contributed by atoms with E-state index in [0.29, 0.717) is 5.69 Å². The Morgan fingerprint density at radius 3 is 2.76 bits per heavy atom. The van der Waals surface area contributed by atoms with Crippen molar-refractivity contribution in [1.29, 1.82) is 0 Å². The maximum absolute atomic E-state index is 12.1. The van der Waals surface area contributed by atoms with Crippen LogP contribution in [0.4, 0.5) is 0 Å². The molecule has 0 aliphatic rings. The van der Waals surface area contributed by atoms with E-state index in [2.05, 4.69) is 27.2 Å². The van der Waals surface area contributed by atoms with Gasteiger partial charge in [-0.2, -0.15) is 0 Å². The maximum atomic E-state index is 12.1. The van der Waals surface area contributed by atoms with Crippen LogP contribution < -0.4 is 5.32 Å². The highest BCUT2D eigenvalue weighted by Crippen LogP contribution is 2.19. The van der Waals surface area contributed by atoms with Gasteiger partial charge in [-0.05, 0) is 42.3 Å². The van der Waals surface area contributed by atoms with Crippen LogP contribution in [0.2, 0.25) is 0 Å². The molecule has 1 aromatic rings. The third kappa shape index (κ3) is 3.37. The van der Waals surface area contributed by atoms with Crippen molar-refractivity contribution in [2.75, 3.05) is 0 Å². The second-order valence-electron chi connectivity index (χ2n) is 4.15. The summed E-state index contributed by atoms with van der Waals surface area (Å²) in [5.41, 5.74) is 0.626. The molecule has 17 heavy (non-hydrogen) atoms. The van der Waals surface area contributed by atoms with Gasteiger partial charge in [0, 0.05) is 16.7 Å². The third-order valence-electron chi connectivity index (χ3n) is 2.52. The Balaban J connectivity index is 2.93. The molecule has 4 heteroatoms. The summed E-state index contributed by atoms with van der Waals surface area (Å²) in [6, 6.07) is 1.82. The highest BCUT2D eigenvalue weighted by atomic mass is 79.9. The summed E-state index contributed by atoms with van der Waals surface area (Å²) in [5.74, 6) is 2.42. The molecule has 0 saturated carbocycles. The molecule has 1 rings (SSSR count). The number of hydrogen-bond donors (Lipinski definition) is 1. The summed E-state index contributed by atoms with van der Waals surface area (Å²) >= 11 is 3.38. The van der Waals surface area contributed by atoms with Crippen molar-refractivity contribution >= 4 is 21.8 Å². The molecule has 1 atom stereocenters. The fourth-order valence-electron chi connectivity index (χ4n) is 1.55. The van der Waals surface area contributed by atoms with Gasteiger partial charge in [0.2, 0.25) is 0 Å².